The predicted molar refractivity (Wildman–Crippen MR) is 135 cm³/mol. The number of phenols is 1. The molecule has 0 aliphatic heterocycles. The van der Waals surface area contributed by atoms with E-state index in [4.69, 9.17) is 10.8 Å². The highest BCUT2D eigenvalue weighted by Crippen LogP contribution is 2.11. The van der Waals surface area contributed by atoms with Crippen LogP contribution in [0.15, 0.2) is 24.3 Å². The topological polar surface area (TPSA) is 228 Å². The summed E-state index contributed by atoms with van der Waals surface area (Å²) in [6, 6.07) is 0.611. The number of carbonyl (C=O) groups excluding carboxylic acids is 3. The van der Waals surface area contributed by atoms with E-state index in [1.54, 1.807) is 18.4 Å². The van der Waals surface area contributed by atoms with E-state index in [0.29, 0.717) is 11.3 Å². The Labute approximate surface area is 218 Å². The van der Waals surface area contributed by atoms with E-state index in [1.165, 1.54) is 30.8 Å². The van der Waals surface area contributed by atoms with Crippen LogP contribution in [-0.2, 0) is 30.4 Å². The van der Waals surface area contributed by atoms with Gasteiger partial charge in [-0.3, -0.25) is 19.2 Å². The van der Waals surface area contributed by atoms with Crippen LogP contribution in [0.5, 0.6) is 5.75 Å². The van der Waals surface area contributed by atoms with Gasteiger partial charge in [0.15, 0.2) is 0 Å². The molecule has 0 bridgehead atoms. The van der Waals surface area contributed by atoms with Crippen LogP contribution in [-0.4, -0.2) is 92.4 Å². The molecule has 5 unspecified atom stereocenters. The molecule has 3 amide bonds. The molecule has 5 atom stereocenters. The van der Waals surface area contributed by atoms with Crippen LogP contribution >= 0.6 is 11.8 Å². The van der Waals surface area contributed by atoms with Crippen molar-refractivity contribution in [2.75, 3.05) is 12.0 Å². The van der Waals surface area contributed by atoms with Gasteiger partial charge >= 0.3 is 11.9 Å². The van der Waals surface area contributed by atoms with Crippen LogP contribution < -0.4 is 21.7 Å². The largest absolute Gasteiger partial charge is 0.508 e. The van der Waals surface area contributed by atoms with E-state index in [9.17, 15) is 39.3 Å². The molecule has 0 aliphatic carbocycles. The summed E-state index contributed by atoms with van der Waals surface area (Å²) in [4.78, 5) is 60.7. The second kappa shape index (κ2) is 15.7. The van der Waals surface area contributed by atoms with Gasteiger partial charge < -0.3 is 42.1 Å². The molecule has 13 nitrogen and oxygen atoms in total. The van der Waals surface area contributed by atoms with Gasteiger partial charge in [0.25, 0.3) is 0 Å². The molecule has 14 heteroatoms. The number of nitrogens with two attached hydrogens (primary N) is 1. The van der Waals surface area contributed by atoms with E-state index in [1.807, 2.05) is 0 Å². The minimum absolute atomic E-state index is 0.0304. The third-order valence-corrected chi connectivity index (χ3v) is 5.94. The van der Waals surface area contributed by atoms with Gasteiger partial charge in [-0.1, -0.05) is 12.1 Å². The van der Waals surface area contributed by atoms with Gasteiger partial charge in [-0.25, -0.2) is 4.79 Å². The first-order valence-corrected chi connectivity index (χ1v) is 12.8. The first-order valence-electron chi connectivity index (χ1n) is 11.4. The van der Waals surface area contributed by atoms with E-state index < -0.39 is 66.4 Å². The zero-order valence-corrected chi connectivity index (χ0v) is 21.4. The van der Waals surface area contributed by atoms with Crippen LogP contribution in [0.25, 0.3) is 0 Å². The summed E-state index contributed by atoms with van der Waals surface area (Å²) in [5.41, 5.74) is 6.56. The highest BCUT2D eigenvalue weighted by Gasteiger charge is 2.32. The monoisotopic (exact) mass is 542 g/mol. The number of hydrogen-bond acceptors (Lipinski definition) is 9. The summed E-state index contributed by atoms with van der Waals surface area (Å²) in [5.74, 6) is -4.72. The SMILES string of the molecule is CSCCC(NC(=O)C(NC(=O)C(CCC(=O)O)NC(=O)C(N)Cc1ccc(O)cc1)C(C)O)C(=O)O. The molecule has 1 aromatic rings. The van der Waals surface area contributed by atoms with Gasteiger partial charge in [0, 0.05) is 6.42 Å². The lowest BCUT2D eigenvalue weighted by Crippen LogP contribution is -2.60. The van der Waals surface area contributed by atoms with Crippen molar-refractivity contribution < 1.29 is 44.4 Å². The Balaban J connectivity index is 2.95. The predicted octanol–water partition coefficient (Wildman–Crippen LogP) is -1.20. The van der Waals surface area contributed by atoms with Gasteiger partial charge in [-0.2, -0.15) is 11.8 Å². The molecule has 206 valence electrons. The zero-order chi connectivity index (χ0) is 28.1. The number of carbonyl (C=O) groups is 5. The average Bonchev–Trinajstić information content (AvgIpc) is 2.83. The Kier molecular flexibility index (Phi) is 13.4. The fourth-order valence-corrected chi connectivity index (χ4v) is 3.68. The first-order chi connectivity index (χ1) is 17.3. The third-order valence-electron chi connectivity index (χ3n) is 5.30. The van der Waals surface area contributed by atoms with Gasteiger partial charge in [0.05, 0.1) is 12.1 Å². The number of thioether (sulfide) groups is 1. The molecular formula is C23H34N4O9S. The van der Waals surface area contributed by atoms with Gasteiger partial charge in [0.1, 0.15) is 23.9 Å². The summed E-state index contributed by atoms with van der Waals surface area (Å²) in [6.45, 7) is 1.21. The molecule has 0 aromatic heterocycles. The Morgan fingerprint density at radius 3 is 2.03 bits per heavy atom. The number of carboxylic acid groups (broad SMARTS) is 2. The van der Waals surface area contributed by atoms with Crippen molar-refractivity contribution in [3.8, 4) is 5.75 Å². The summed E-state index contributed by atoms with van der Waals surface area (Å²) in [7, 11) is 0. The maximum Gasteiger partial charge on any atom is 0.326 e. The summed E-state index contributed by atoms with van der Waals surface area (Å²) in [5, 5.41) is 44.7. The van der Waals surface area contributed by atoms with Crippen molar-refractivity contribution in [3.63, 3.8) is 0 Å². The van der Waals surface area contributed by atoms with Crippen molar-refractivity contribution in [2.45, 2.75) is 62.9 Å². The highest BCUT2D eigenvalue weighted by molar-refractivity contribution is 7.98. The van der Waals surface area contributed by atoms with Crippen molar-refractivity contribution in [1.82, 2.24) is 16.0 Å². The molecular weight excluding hydrogens is 508 g/mol. The lowest BCUT2D eigenvalue weighted by molar-refractivity contribution is -0.143. The molecule has 0 spiro atoms. The molecule has 1 rings (SSSR count). The molecule has 0 aliphatic rings. The summed E-state index contributed by atoms with van der Waals surface area (Å²) < 4.78 is 0. The van der Waals surface area contributed by atoms with Crippen LogP contribution in [0.2, 0.25) is 0 Å². The maximum absolute atomic E-state index is 12.9. The number of carboxylic acids is 2. The number of aliphatic hydroxyl groups is 1. The second-order valence-electron chi connectivity index (χ2n) is 8.38. The van der Waals surface area contributed by atoms with Crippen LogP contribution in [0, 0.1) is 0 Å². The smallest absolute Gasteiger partial charge is 0.326 e. The van der Waals surface area contributed by atoms with Crippen LogP contribution in [0.1, 0.15) is 31.7 Å². The van der Waals surface area contributed by atoms with Gasteiger partial charge in [0.2, 0.25) is 17.7 Å². The number of aliphatic carboxylic acids is 2. The lowest BCUT2D eigenvalue weighted by Gasteiger charge is -2.26. The molecule has 0 saturated carbocycles. The van der Waals surface area contributed by atoms with E-state index in [0.717, 1.165) is 0 Å². The zero-order valence-electron chi connectivity index (χ0n) is 20.5. The number of phenolic OH excluding ortho intramolecular Hbond substituents is 1. The number of hydrogen-bond donors (Lipinski definition) is 8. The van der Waals surface area contributed by atoms with Crippen LogP contribution in [0.4, 0.5) is 0 Å². The molecule has 37 heavy (non-hydrogen) atoms. The first kappa shape index (κ1) is 31.7. The Morgan fingerprint density at radius 2 is 1.51 bits per heavy atom. The van der Waals surface area contributed by atoms with Crippen molar-refractivity contribution in [3.05, 3.63) is 29.8 Å². The number of nitrogens with one attached hydrogen (secondary N) is 3. The minimum Gasteiger partial charge on any atom is -0.508 e. The quantitative estimate of drug-likeness (QED) is 0.124. The average molecular weight is 543 g/mol. The van der Waals surface area contributed by atoms with Crippen LogP contribution in [0.3, 0.4) is 0 Å². The Morgan fingerprint density at radius 1 is 0.919 bits per heavy atom. The maximum atomic E-state index is 12.9. The fraction of sp³-hybridized carbons (Fsp3) is 0.522. The standard InChI is InChI=1S/C23H34N4O9S/c1-12(28)19(22(34)26-17(23(35)36)9-10-37-2)27-21(33)16(7-8-18(30)31)25-20(32)15(24)11-13-3-5-14(29)6-4-13/h3-6,12,15-17,19,28-29H,7-11,24H2,1-2H3,(H,25,32)(H,26,34)(H,27,33)(H,30,31)(H,35,36). The van der Waals surface area contributed by atoms with Crippen molar-refractivity contribution >= 4 is 41.4 Å². The number of amides is 3. The van der Waals surface area contributed by atoms with Gasteiger partial charge in [-0.05, 0) is 55.9 Å². The molecule has 0 fully saturated rings. The second-order valence-corrected chi connectivity index (χ2v) is 9.36. The highest BCUT2D eigenvalue weighted by atomic mass is 32.2. The summed E-state index contributed by atoms with van der Waals surface area (Å²) in [6.07, 6.45) is -0.331. The number of aromatic hydroxyl groups is 1. The fourth-order valence-electron chi connectivity index (χ4n) is 3.21. The normalized spacial score (nSPS) is 14.9. The molecule has 1 aromatic carbocycles. The van der Waals surface area contributed by atoms with Crippen molar-refractivity contribution in [1.29, 1.82) is 0 Å². The van der Waals surface area contributed by atoms with E-state index in [2.05, 4.69) is 16.0 Å². The Bertz CT molecular complexity index is 943. The lowest BCUT2D eigenvalue weighted by atomic mass is 10.0. The summed E-state index contributed by atoms with van der Waals surface area (Å²) >= 11 is 1.38. The minimum atomic E-state index is -1.57. The number of rotatable bonds is 16. The van der Waals surface area contributed by atoms with E-state index >= 15 is 0 Å². The van der Waals surface area contributed by atoms with Crippen molar-refractivity contribution in [2.24, 2.45) is 5.73 Å². The number of benzene rings is 1. The Hall–Kier alpha value is -3.36. The third kappa shape index (κ3) is 11.5. The molecule has 9 N–H and O–H groups in total. The molecule has 0 saturated heterocycles. The number of aliphatic hydroxyl groups excluding tert-OH is 1. The van der Waals surface area contributed by atoms with E-state index in [-0.39, 0.29) is 25.0 Å². The molecule has 0 heterocycles. The molecule has 0 radical (unpaired) electrons. The van der Waals surface area contributed by atoms with Gasteiger partial charge in [-0.15, -0.1) is 0 Å².